The van der Waals surface area contributed by atoms with Gasteiger partial charge in [0, 0.05) is 19.2 Å². The normalized spacial score (nSPS) is 15.6. The summed E-state index contributed by atoms with van der Waals surface area (Å²) in [6, 6.07) is 0.888. The molecule has 0 aromatic carbocycles. The van der Waals surface area contributed by atoms with Crippen molar-refractivity contribution in [2.75, 3.05) is 26.8 Å². The molecule has 0 aromatic rings. The molecule has 0 aromatic heterocycles. The summed E-state index contributed by atoms with van der Waals surface area (Å²) in [4.78, 5) is 2.45. The lowest BCUT2D eigenvalue weighted by Gasteiger charge is -2.27. The van der Waals surface area contributed by atoms with Crippen molar-refractivity contribution in [2.24, 2.45) is 5.73 Å². The highest BCUT2D eigenvalue weighted by Crippen LogP contribution is 2.04. The number of nitrogens with zero attached hydrogens (tertiary/aromatic N) is 1. The van der Waals surface area contributed by atoms with Crippen LogP contribution in [0.25, 0.3) is 0 Å². The predicted molar refractivity (Wildman–Crippen MR) is 66.1 cm³/mol. The molecule has 0 fully saturated rings. The SMILES string of the molecule is CCC(N)CCCN(CC)C(C)COC. The Morgan fingerprint density at radius 3 is 2.47 bits per heavy atom. The molecule has 3 nitrogen and oxygen atoms in total. The summed E-state index contributed by atoms with van der Waals surface area (Å²) in [6.45, 7) is 9.60. The molecule has 0 saturated carbocycles. The van der Waals surface area contributed by atoms with Crippen LogP contribution < -0.4 is 5.73 Å². The molecule has 0 aliphatic heterocycles. The Morgan fingerprint density at radius 2 is 2.00 bits per heavy atom. The van der Waals surface area contributed by atoms with Gasteiger partial charge in [-0.1, -0.05) is 13.8 Å². The molecule has 0 saturated heterocycles. The second-order valence-corrected chi connectivity index (χ2v) is 4.24. The maximum atomic E-state index is 5.89. The van der Waals surface area contributed by atoms with E-state index in [0.717, 1.165) is 32.5 Å². The molecule has 0 aliphatic carbocycles. The molecule has 92 valence electrons. The molecule has 15 heavy (non-hydrogen) atoms. The van der Waals surface area contributed by atoms with Gasteiger partial charge >= 0.3 is 0 Å². The molecule has 2 atom stereocenters. The second kappa shape index (κ2) is 9.13. The topological polar surface area (TPSA) is 38.5 Å². The van der Waals surface area contributed by atoms with Gasteiger partial charge < -0.3 is 10.5 Å². The van der Waals surface area contributed by atoms with Crippen LogP contribution in [0.1, 0.15) is 40.0 Å². The maximum Gasteiger partial charge on any atom is 0.0615 e. The van der Waals surface area contributed by atoms with Crippen LogP contribution in [0.5, 0.6) is 0 Å². The van der Waals surface area contributed by atoms with E-state index in [0.29, 0.717) is 12.1 Å². The number of rotatable bonds is 9. The zero-order chi connectivity index (χ0) is 11.7. The largest absolute Gasteiger partial charge is 0.383 e. The first-order valence-electron chi connectivity index (χ1n) is 6.14. The van der Waals surface area contributed by atoms with E-state index in [-0.39, 0.29) is 0 Å². The number of hydrogen-bond acceptors (Lipinski definition) is 3. The highest BCUT2D eigenvalue weighted by molar-refractivity contribution is 4.67. The Balaban J connectivity index is 3.69. The van der Waals surface area contributed by atoms with Crippen LogP contribution in [0.3, 0.4) is 0 Å². The van der Waals surface area contributed by atoms with Crippen molar-refractivity contribution in [3.05, 3.63) is 0 Å². The van der Waals surface area contributed by atoms with Crippen molar-refractivity contribution in [1.82, 2.24) is 4.90 Å². The Kier molecular flexibility index (Phi) is 9.06. The lowest BCUT2D eigenvalue weighted by atomic mass is 10.1. The summed E-state index contributed by atoms with van der Waals surface area (Å²) in [7, 11) is 1.76. The minimum absolute atomic E-state index is 0.376. The Hall–Kier alpha value is -0.120. The summed E-state index contributed by atoms with van der Waals surface area (Å²) in [5.74, 6) is 0. The summed E-state index contributed by atoms with van der Waals surface area (Å²) >= 11 is 0. The van der Waals surface area contributed by atoms with Gasteiger partial charge in [-0.25, -0.2) is 0 Å². The maximum absolute atomic E-state index is 5.89. The van der Waals surface area contributed by atoms with Crippen LogP contribution in [0.4, 0.5) is 0 Å². The van der Waals surface area contributed by atoms with E-state index < -0.39 is 0 Å². The van der Waals surface area contributed by atoms with Gasteiger partial charge in [-0.15, -0.1) is 0 Å². The lowest BCUT2D eigenvalue weighted by Crippen LogP contribution is -2.37. The molecule has 0 aliphatic rings. The fourth-order valence-corrected chi connectivity index (χ4v) is 1.80. The van der Waals surface area contributed by atoms with Crippen LogP contribution >= 0.6 is 0 Å². The summed E-state index contributed by atoms with van der Waals surface area (Å²) < 4.78 is 5.17. The molecule has 0 radical (unpaired) electrons. The molecule has 0 rings (SSSR count). The molecule has 0 spiro atoms. The first-order chi connectivity index (χ1) is 7.15. The minimum atomic E-state index is 0.376. The Bertz CT molecular complexity index is 142. The summed E-state index contributed by atoms with van der Waals surface area (Å²) in [5.41, 5.74) is 5.89. The molecule has 2 N–H and O–H groups in total. The van der Waals surface area contributed by atoms with Gasteiger partial charge in [0.1, 0.15) is 0 Å². The highest BCUT2D eigenvalue weighted by atomic mass is 16.5. The number of ether oxygens (including phenoxy) is 1. The molecular formula is C12H28N2O. The van der Waals surface area contributed by atoms with Gasteiger partial charge in [0.15, 0.2) is 0 Å². The molecule has 0 heterocycles. The minimum Gasteiger partial charge on any atom is -0.383 e. The van der Waals surface area contributed by atoms with Crippen LogP contribution in [0, 0.1) is 0 Å². The van der Waals surface area contributed by atoms with Gasteiger partial charge in [0.2, 0.25) is 0 Å². The standard InChI is InChI=1S/C12H28N2O/c1-5-12(13)8-7-9-14(6-2)11(3)10-15-4/h11-12H,5-10,13H2,1-4H3. The molecular weight excluding hydrogens is 188 g/mol. The number of hydrogen-bond donors (Lipinski definition) is 1. The van der Waals surface area contributed by atoms with E-state index in [2.05, 4.69) is 25.7 Å². The van der Waals surface area contributed by atoms with Gasteiger partial charge in [-0.3, -0.25) is 4.90 Å². The van der Waals surface area contributed by atoms with Crippen LogP contribution in [0.2, 0.25) is 0 Å². The van der Waals surface area contributed by atoms with E-state index in [1.165, 1.54) is 6.42 Å². The van der Waals surface area contributed by atoms with Crippen molar-refractivity contribution < 1.29 is 4.74 Å². The van der Waals surface area contributed by atoms with Gasteiger partial charge in [-0.2, -0.15) is 0 Å². The fourth-order valence-electron chi connectivity index (χ4n) is 1.80. The summed E-state index contributed by atoms with van der Waals surface area (Å²) in [6.07, 6.45) is 3.41. The Morgan fingerprint density at radius 1 is 1.33 bits per heavy atom. The van der Waals surface area contributed by atoms with Crippen molar-refractivity contribution in [1.29, 1.82) is 0 Å². The predicted octanol–water partition coefficient (Wildman–Crippen LogP) is 1.86. The van der Waals surface area contributed by atoms with Crippen molar-refractivity contribution in [2.45, 2.75) is 52.1 Å². The smallest absolute Gasteiger partial charge is 0.0615 e. The zero-order valence-corrected chi connectivity index (χ0v) is 10.8. The van der Waals surface area contributed by atoms with E-state index in [9.17, 15) is 0 Å². The van der Waals surface area contributed by atoms with Crippen LogP contribution in [-0.4, -0.2) is 43.8 Å². The van der Waals surface area contributed by atoms with Gasteiger partial charge in [-0.05, 0) is 39.3 Å². The van der Waals surface area contributed by atoms with E-state index in [1.54, 1.807) is 7.11 Å². The van der Waals surface area contributed by atoms with Crippen molar-refractivity contribution >= 4 is 0 Å². The zero-order valence-electron chi connectivity index (χ0n) is 10.8. The van der Waals surface area contributed by atoms with Gasteiger partial charge in [0.25, 0.3) is 0 Å². The molecule has 0 bridgehead atoms. The Labute approximate surface area is 95.0 Å². The number of methoxy groups -OCH3 is 1. The van der Waals surface area contributed by atoms with E-state index in [1.807, 2.05) is 0 Å². The van der Waals surface area contributed by atoms with E-state index >= 15 is 0 Å². The number of likely N-dealkylation sites (N-methyl/N-ethyl adjacent to an activating group) is 1. The third-order valence-electron chi connectivity index (χ3n) is 2.98. The average molecular weight is 216 g/mol. The molecule has 2 unspecified atom stereocenters. The van der Waals surface area contributed by atoms with Crippen molar-refractivity contribution in [3.8, 4) is 0 Å². The summed E-state index contributed by atoms with van der Waals surface area (Å²) in [5, 5.41) is 0. The third-order valence-corrected chi connectivity index (χ3v) is 2.98. The van der Waals surface area contributed by atoms with E-state index in [4.69, 9.17) is 10.5 Å². The monoisotopic (exact) mass is 216 g/mol. The van der Waals surface area contributed by atoms with Crippen molar-refractivity contribution in [3.63, 3.8) is 0 Å². The first-order valence-corrected chi connectivity index (χ1v) is 6.14. The first kappa shape index (κ1) is 14.9. The highest BCUT2D eigenvalue weighted by Gasteiger charge is 2.11. The van der Waals surface area contributed by atoms with Crippen LogP contribution in [0.15, 0.2) is 0 Å². The number of nitrogens with two attached hydrogens (primary N) is 1. The van der Waals surface area contributed by atoms with Crippen LogP contribution in [-0.2, 0) is 4.74 Å². The molecule has 0 amide bonds. The van der Waals surface area contributed by atoms with Gasteiger partial charge in [0.05, 0.1) is 6.61 Å². The second-order valence-electron chi connectivity index (χ2n) is 4.24. The third kappa shape index (κ3) is 6.88. The average Bonchev–Trinajstić information content (AvgIpc) is 2.24. The fraction of sp³-hybridized carbons (Fsp3) is 1.00. The quantitative estimate of drug-likeness (QED) is 0.639. The lowest BCUT2D eigenvalue weighted by molar-refractivity contribution is 0.101. The molecule has 3 heteroatoms.